The second kappa shape index (κ2) is 5.00. The summed E-state index contributed by atoms with van der Waals surface area (Å²) in [5.41, 5.74) is 1.60. The van der Waals surface area contributed by atoms with Gasteiger partial charge in [-0.1, -0.05) is 35.5 Å². The minimum atomic E-state index is 0.206. The molecule has 3 rings (SSSR count). The molecule has 0 fully saturated rings. The summed E-state index contributed by atoms with van der Waals surface area (Å²) in [5, 5.41) is 13.6. The first-order valence-electron chi connectivity index (χ1n) is 5.62. The molecule has 1 aromatic heterocycles. The third-order valence-electron chi connectivity index (χ3n) is 2.65. The third kappa shape index (κ3) is 2.46. The number of phenols is 1. The standard InChI is InChI=1S/C14H9IN2O2/c15-11-7-6-10(8-12(11)18)14-16-13(17-19-14)9-4-2-1-3-5-9/h1-8,18H. The van der Waals surface area contributed by atoms with Gasteiger partial charge in [-0.15, -0.1) is 0 Å². The van der Waals surface area contributed by atoms with Crippen molar-refractivity contribution in [2.75, 3.05) is 0 Å². The van der Waals surface area contributed by atoms with E-state index in [9.17, 15) is 5.11 Å². The Hall–Kier alpha value is -1.89. The second-order valence-electron chi connectivity index (χ2n) is 3.96. The predicted octanol–water partition coefficient (Wildman–Crippen LogP) is 3.71. The minimum absolute atomic E-state index is 0.206. The van der Waals surface area contributed by atoms with Crippen molar-refractivity contribution in [3.63, 3.8) is 0 Å². The van der Waals surface area contributed by atoms with Crippen molar-refractivity contribution in [1.82, 2.24) is 10.1 Å². The van der Waals surface area contributed by atoms with Crippen LogP contribution in [0.1, 0.15) is 0 Å². The van der Waals surface area contributed by atoms with E-state index in [2.05, 4.69) is 32.7 Å². The average Bonchev–Trinajstić information content (AvgIpc) is 2.93. The van der Waals surface area contributed by atoms with Gasteiger partial charge < -0.3 is 9.63 Å². The molecular weight excluding hydrogens is 355 g/mol. The molecule has 0 saturated carbocycles. The highest BCUT2D eigenvalue weighted by Crippen LogP contribution is 2.27. The van der Waals surface area contributed by atoms with Crippen molar-refractivity contribution in [2.24, 2.45) is 0 Å². The minimum Gasteiger partial charge on any atom is -0.507 e. The summed E-state index contributed by atoms with van der Waals surface area (Å²) in [6, 6.07) is 14.9. The van der Waals surface area contributed by atoms with Crippen LogP contribution in [0.25, 0.3) is 22.8 Å². The number of aromatic nitrogens is 2. The Morgan fingerprint density at radius 3 is 2.53 bits per heavy atom. The van der Waals surface area contributed by atoms with Crippen molar-refractivity contribution in [2.45, 2.75) is 0 Å². The fourth-order valence-electron chi connectivity index (χ4n) is 1.69. The van der Waals surface area contributed by atoms with Crippen LogP contribution in [0.2, 0.25) is 0 Å². The Morgan fingerprint density at radius 1 is 1.00 bits per heavy atom. The van der Waals surface area contributed by atoms with Gasteiger partial charge in [-0.25, -0.2) is 0 Å². The Labute approximate surface area is 123 Å². The Bertz CT molecular complexity index is 710. The molecule has 0 atom stereocenters. The first-order valence-corrected chi connectivity index (χ1v) is 6.70. The summed E-state index contributed by atoms with van der Waals surface area (Å²) >= 11 is 2.06. The number of rotatable bonds is 2. The number of nitrogens with zero attached hydrogens (tertiary/aromatic N) is 2. The molecule has 0 spiro atoms. The van der Waals surface area contributed by atoms with Crippen LogP contribution in [0.4, 0.5) is 0 Å². The van der Waals surface area contributed by atoms with Crippen LogP contribution in [0.5, 0.6) is 5.75 Å². The van der Waals surface area contributed by atoms with Gasteiger partial charge in [0, 0.05) is 11.1 Å². The number of halogens is 1. The number of hydrogen-bond acceptors (Lipinski definition) is 4. The molecule has 1 heterocycles. The summed E-state index contributed by atoms with van der Waals surface area (Å²) in [6.07, 6.45) is 0. The smallest absolute Gasteiger partial charge is 0.258 e. The molecule has 19 heavy (non-hydrogen) atoms. The number of phenolic OH excluding ortho intramolecular Hbond substituents is 1. The van der Waals surface area contributed by atoms with E-state index >= 15 is 0 Å². The third-order valence-corrected chi connectivity index (χ3v) is 3.56. The quantitative estimate of drug-likeness (QED) is 0.705. The summed E-state index contributed by atoms with van der Waals surface area (Å²) in [5.74, 6) is 1.14. The molecule has 0 radical (unpaired) electrons. The molecule has 0 unspecified atom stereocenters. The van der Waals surface area contributed by atoms with Crippen LogP contribution in [-0.2, 0) is 0 Å². The van der Waals surface area contributed by atoms with Crippen molar-refractivity contribution < 1.29 is 9.63 Å². The highest BCUT2D eigenvalue weighted by Gasteiger charge is 2.11. The molecule has 1 N–H and O–H groups in total. The second-order valence-corrected chi connectivity index (χ2v) is 5.12. The van der Waals surface area contributed by atoms with Crippen molar-refractivity contribution in [3.8, 4) is 28.6 Å². The van der Waals surface area contributed by atoms with Gasteiger partial charge in [0.25, 0.3) is 5.89 Å². The topological polar surface area (TPSA) is 59.2 Å². The molecule has 0 aliphatic heterocycles. The summed E-state index contributed by atoms with van der Waals surface area (Å²) < 4.78 is 6.01. The van der Waals surface area contributed by atoms with Crippen molar-refractivity contribution >= 4 is 22.6 Å². The average molecular weight is 364 g/mol. The highest BCUT2D eigenvalue weighted by molar-refractivity contribution is 14.1. The lowest BCUT2D eigenvalue weighted by Crippen LogP contribution is -1.81. The summed E-state index contributed by atoms with van der Waals surface area (Å²) in [6.45, 7) is 0. The first-order chi connectivity index (χ1) is 9.24. The van der Waals surface area contributed by atoms with Gasteiger partial charge in [0.05, 0.1) is 3.57 Å². The van der Waals surface area contributed by atoms with Gasteiger partial charge in [-0.2, -0.15) is 4.98 Å². The zero-order valence-electron chi connectivity index (χ0n) is 9.75. The van der Waals surface area contributed by atoms with Crippen LogP contribution < -0.4 is 0 Å². The van der Waals surface area contributed by atoms with Crippen molar-refractivity contribution in [3.05, 3.63) is 52.1 Å². The maximum absolute atomic E-state index is 9.69. The van der Waals surface area contributed by atoms with Gasteiger partial charge in [0.2, 0.25) is 5.82 Å². The number of benzene rings is 2. The normalized spacial score (nSPS) is 10.6. The van der Waals surface area contributed by atoms with Gasteiger partial charge in [0.15, 0.2) is 0 Å². The van der Waals surface area contributed by atoms with E-state index in [1.165, 1.54) is 0 Å². The molecule has 0 bridgehead atoms. The Morgan fingerprint density at radius 2 is 1.79 bits per heavy atom. The molecule has 5 heteroatoms. The highest BCUT2D eigenvalue weighted by atomic mass is 127. The van der Waals surface area contributed by atoms with E-state index in [1.54, 1.807) is 12.1 Å². The lowest BCUT2D eigenvalue weighted by Gasteiger charge is -1.98. The number of aromatic hydroxyl groups is 1. The molecule has 2 aromatic carbocycles. The fraction of sp³-hybridized carbons (Fsp3) is 0. The van der Waals surface area contributed by atoms with Gasteiger partial charge in [0.1, 0.15) is 5.75 Å². The summed E-state index contributed by atoms with van der Waals surface area (Å²) in [4.78, 5) is 4.33. The number of hydrogen-bond donors (Lipinski definition) is 1. The van der Waals surface area contributed by atoms with Crippen LogP contribution in [0.15, 0.2) is 53.1 Å². The van der Waals surface area contributed by atoms with Gasteiger partial charge in [-0.3, -0.25) is 0 Å². The SMILES string of the molecule is Oc1cc(-c2nc(-c3ccccc3)no2)ccc1I. The van der Waals surface area contributed by atoms with Crippen molar-refractivity contribution in [1.29, 1.82) is 0 Å². The van der Waals surface area contributed by atoms with Crippen LogP contribution in [0, 0.1) is 3.57 Å². The largest absolute Gasteiger partial charge is 0.507 e. The Kier molecular flexibility index (Phi) is 3.20. The lowest BCUT2D eigenvalue weighted by atomic mass is 10.2. The molecular formula is C14H9IN2O2. The maximum atomic E-state index is 9.69. The van der Waals surface area contributed by atoms with Crippen LogP contribution in [0.3, 0.4) is 0 Å². The Balaban J connectivity index is 1.99. The predicted molar refractivity (Wildman–Crippen MR) is 79.6 cm³/mol. The molecule has 4 nitrogen and oxygen atoms in total. The lowest BCUT2D eigenvalue weighted by molar-refractivity contribution is 0.431. The van der Waals surface area contributed by atoms with Crippen LogP contribution in [-0.4, -0.2) is 15.2 Å². The van der Waals surface area contributed by atoms with E-state index in [-0.39, 0.29) is 5.75 Å². The van der Waals surface area contributed by atoms with Gasteiger partial charge >= 0.3 is 0 Å². The maximum Gasteiger partial charge on any atom is 0.258 e. The zero-order valence-corrected chi connectivity index (χ0v) is 11.9. The van der Waals surface area contributed by atoms with E-state index in [4.69, 9.17) is 4.52 Å². The monoisotopic (exact) mass is 364 g/mol. The van der Waals surface area contributed by atoms with E-state index in [1.807, 2.05) is 36.4 Å². The molecule has 0 aliphatic rings. The molecule has 0 amide bonds. The zero-order chi connectivity index (χ0) is 13.2. The van der Waals surface area contributed by atoms with Gasteiger partial charge in [-0.05, 0) is 40.8 Å². The molecule has 0 aliphatic carbocycles. The molecule has 3 aromatic rings. The molecule has 94 valence electrons. The fourth-order valence-corrected chi connectivity index (χ4v) is 2.03. The van der Waals surface area contributed by atoms with E-state index in [0.29, 0.717) is 17.3 Å². The van der Waals surface area contributed by atoms with E-state index < -0.39 is 0 Å². The molecule has 0 saturated heterocycles. The summed E-state index contributed by atoms with van der Waals surface area (Å²) in [7, 11) is 0. The van der Waals surface area contributed by atoms with Crippen LogP contribution >= 0.6 is 22.6 Å². The first kappa shape index (κ1) is 12.2. The van der Waals surface area contributed by atoms with E-state index in [0.717, 1.165) is 9.13 Å².